The molecule has 2 unspecified atom stereocenters. The lowest BCUT2D eigenvalue weighted by Gasteiger charge is -2.22. The van der Waals surface area contributed by atoms with E-state index in [9.17, 15) is 0 Å². The standard InChI is InChI=1S/C21H28N6/c1-13-7-15(22)11-27(13)19-9-18(25-12-26-19)20(24)16-8-14(3-4-17(16)23)10-21(2)5-6-21/h3-4,8-9,12-13,15,24H,5-7,10-11,22-23H2,1-2H3. The Balaban J connectivity index is 1.61. The fraction of sp³-hybridized carbons (Fsp3) is 0.476. The zero-order valence-corrected chi connectivity index (χ0v) is 16.1. The largest absolute Gasteiger partial charge is 0.398 e. The summed E-state index contributed by atoms with van der Waals surface area (Å²) in [5, 5.41) is 8.70. The number of nitrogens with one attached hydrogen (secondary N) is 1. The Bertz CT molecular complexity index is 873. The normalized spacial score (nSPS) is 23.4. The van der Waals surface area contributed by atoms with E-state index in [1.165, 1.54) is 24.7 Å². The van der Waals surface area contributed by atoms with E-state index in [2.05, 4.69) is 40.8 Å². The van der Waals surface area contributed by atoms with Gasteiger partial charge < -0.3 is 16.4 Å². The summed E-state index contributed by atoms with van der Waals surface area (Å²) in [5.74, 6) is 0.824. The molecule has 6 heteroatoms. The van der Waals surface area contributed by atoms with Crippen molar-refractivity contribution in [2.45, 2.75) is 51.6 Å². The second-order valence-corrected chi connectivity index (χ2v) is 8.54. The Morgan fingerprint density at radius 2 is 2.07 bits per heavy atom. The van der Waals surface area contributed by atoms with Crippen molar-refractivity contribution in [2.24, 2.45) is 11.1 Å². The third-order valence-corrected chi connectivity index (χ3v) is 5.93. The summed E-state index contributed by atoms with van der Waals surface area (Å²) in [5.41, 5.74) is 16.2. The Morgan fingerprint density at radius 1 is 1.30 bits per heavy atom. The minimum absolute atomic E-state index is 0.161. The van der Waals surface area contributed by atoms with Gasteiger partial charge in [-0.05, 0) is 55.7 Å². The first-order valence-electron chi connectivity index (χ1n) is 9.67. The van der Waals surface area contributed by atoms with E-state index in [1.807, 2.05) is 12.1 Å². The number of anilines is 2. The van der Waals surface area contributed by atoms with Crippen LogP contribution in [0.25, 0.3) is 0 Å². The molecule has 1 saturated heterocycles. The summed E-state index contributed by atoms with van der Waals surface area (Å²) < 4.78 is 0. The van der Waals surface area contributed by atoms with Crippen LogP contribution >= 0.6 is 0 Å². The molecule has 6 nitrogen and oxygen atoms in total. The van der Waals surface area contributed by atoms with Crippen LogP contribution < -0.4 is 16.4 Å². The van der Waals surface area contributed by atoms with Gasteiger partial charge in [0, 0.05) is 35.9 Å². The molecule has 1 aromatic carbocycles. The topological polar surface area (TPSA) is 105 Å². The van der Waals surface area contributed by atoms with E-state index in [0.29, 0.717) is 28.5 Å². The van der Waals surface area contributed by atoms with Gasteiger partial charge in [-0.1, -0.05) is 13.0 Å². The molecule has 0 bridgehead atoms. The Hall–Kier alpha value is -2.47. The van der Waals surface area contributed by atoms with Gasteiger partial charge in [0.25, 0.3) is 0 Å². The molecule has 2 aromatic rings. The van der Waals surface area contributed by atoms with Crippen molar-refractivity contribution >= 4 is 17.2 Å². The summed E-state index contributed by atoms with van der Waals surface area (Å²) in [6, 6.07) is 8.42. The zero-order valence-electron chi connectivity index (χ0n) is 16.1. The van der Waals surface area contributed by atoms with Crippen LogP contribution in [0, 0.1) is 10.8 Å². The molecular weight excluding hydrogens is 336 g/mol. The molecule has 4 rings (SSSR count). The van der Waals surface area contributed by atoms with E-state index >= 15 is 0 Å². The summed E-state index contributed by atoms with van der Waals surface area (Å²) >= 11 is 0. The summed E-state index contributed by atoms with van der Waals surface area (Å²) in [7, 11) is 0. The van der Waals surface area contributed by atoms with Gasteiger partial charge in [0.2, 0.25) is 0 Å². The fourth-order valence-corrected chi connectivity index (χ4v) is 3.98. The van der Waals surface area contributed by atoms with Crippen LogP contribution in [0.2, 0.25) is 0 Å². The van der Waals surface area contributed by atoms with Crippen LogP contribution in [-0.2, 0) is 6.42 Å². The van der Waals surface area contributed by atoms with Crippen molar-refractivity contribution < 1.29 is 0 Å². The van der Waals surface area contributed by atoms with E-state index in [-0.39, 0.29) is 6.04 Å². The number of hydrogen-bond acceptors (Lipinski definition) is 6. The quantitative estimate of drug-likeness (QED) is 0.559. The molecule has 142 valence electrons. The van der Waals surface area contributed by atoms with E-state index in [1.54, 1.807) is 0 Å². The van der Waals surface area contributed by atoms with Crippen molar-refractivity contribution in [3.05, 3.63) is 47.4 Å². The van der Waals surface area contributed by atoms with Gasteiger partial charge in [0.15, 0.2) is 0 Å². The van der Waals surface area contributed by atoms with Crippen molar-refractivity contribution in [2.75, 3.05) is 17.2 Å². The van der Waals surface area contributed by atoms with E-state index in [0.717, 1.165) is 30.8 Å². The number of hydrogen-bond donors (Lipinski definition) is 3. The third-order valence-electron chi connectivity index (χ3n) is 5.93. The van der Waals surface area contributed by atoms with E-state index in [4.69, 9.17) is 16.9 Å². The molecule has 5 N–H and O–H groups in total. The highest BCUT2D eigenvalue weighted by molar-refractivity contribution is 6.13. The van der Waals surface area contributed by atoms with Gasteiger partial charge in [-0.25, -0.2) is 9.97 Å². The SMILES string of the molecule is CC1CC(N)CN1c1cc(C(=N)c2cc(CC3(C)CC3)ccc2N)ncn1. The predicted octanol–water partition coefficient (Wildman–Crippen LogP) is 2.74. The van der Waals surface area contributed by atoms with Crippen molar-refractivity contribution in [1.82, 2.24) is 9.97 Å². The monoisotopic (exact) mass is 364 g/mol. The smallest absolute Gasteiger partial charge is 0.132 e. The molecule has 1 aliphatic carbocycles. The number of nitrogens with zero attached hydrogens (tertiary/aromatic N) is 3. The van der Waals surface area contributed by atoms with Crippen LogP contribution in [0.3, 0.4) is 0 Å². The number of aromatic nitrogens is 2. The van der Waals surface area contributed by atoms with Crippen LogP contribution in [0.1, 0.15) is 49.9 Å². The number of rotatable bonds is 5. The zero-order chi connectivity index (χ0) is 19.2. The molecular formula is C21H28N6. The molecule has 27 heavy (non-hydrogen) atoms. The van der Waals surface area contributed by atoms with Crippen LogP contribution in [0.4, 0.5) is 11.5 Å². The highest BCUT2D eigenvalue weighted by Gasteiger charge is 2.37. The number of nitrogen functional groups attached to an aromatic ring is 1. The fourth-order valence-electron chi connectivity index (χ4n) is 3.98. The molecule has 1 aliphatic heterocycles. The van der Waals surface area contributed by atoms with Gasteiger partial charge in [-0.3, -0.25) is 5.41 Å². The Morgan fingerprint density at radius 3 is 2.74 bits per heavy atom. The lowest BCUT2D eigenvalue weighted by Crippen LogP contribution is -2.30. The first kappa shape index (κ1) is 17.9. The Labute approximate surface area is 160 Å². The van der Waals surface area contributed by atoms with Gasteiger partial charge in [-0.15, -0.1) is 0 Å². The summed E-state index contributed by atoms with van der Waals surface area (Å²) in [6.45, 7) is 5.24. The highest BCUT2D eigenvalue weighted by atomic mass is 15.2. The minimum Gasteiger partial charge on any atom is -0.398 e. The van der Waals surface area contributed by atoms with Crippen LogP contribution in [0.15, 0.2) is 30.6 Å². The maximum absolute atomic E-state index is 8.70. The maximum atomic E-state index is 8.70. The molecule has 1 aromatic heterocycles. The average Bonchev–Trinajstić information content (AvgIpc) is 3.27. The lowest BCUT2D eigenvalue weighted by atomic mass is 9.95. The molecule has 0 spiro atoms. The average molecular weight is 364 g/mol. The molecule has 2 fully saturated rings. The van der Waals surface area contributed by atoms with E-state index < -0.39 is 0 Å². The van der Waals surface area contributed by atoms with Crippen molar-refractivity contribution in [3.8, 4) is 0 Å². The second-order valence-electron chi connectivity index (χ2n) is 8.54. The Kier molecular flexibility index (Phi) is 4.38. The first-order chi connectivity index (χ1) is 12.8. The van der Waals surface area contributed by atoms with Gasteiger partial charge in [-0.2, -0.15) is 0 Å². The molecule has 1 saturated carbocycles. The number of benzene rings is 1. The van der Waals surface area contributed by atoms with Gasteiger partial charge >= 0.3 is 0 Å². The molecule has 0 amide bonds. The molecule has 2 atom stereocenters. The molecule has 2 aliphatic rings. The third kappa shape index (κ3) is 3.67. The maximum Gasteiger partial charge on any atom is 0.132 e. The second kappa shape index (κ2) is 6.60. The minimum atomic E-state index is 0.161. The lowest BCUT2D eigenvalue weighted by molar-refractivity contribution is 0.570. The molecule has 0 radical (unpaired) electrons. The highest BCUT2D eigenvalue weighted by Crippen LogP contribution is 2.47. The number of nitrogens with two attached hydrogens (primary N) is 2. The van der Waals surface area contributed by atoms with Gasteiger partial charge in [0.05, 0.1) is 11.4 Å². The van der Waals surface area contributed by atoms with Crippen molar-refractivity contribution in [1.29, 1.82) is 5.41 Å². The predicted molar refractivity (Wildman–Crippen MR) is 109 cm³/mol. The first-order valence-corrected chi connectivity index (χ1v) is 9.67. The van der Waals surface area contributed by atoms with Gasteiger partial charge in [0.1, 0.15) is 12.1 Å². The summed E-state index contributed by atoms with van der Waals surface area (Å²) in [6.07, 6.45) is 6.06. The van der Waals surface area contributed by atoms with Crippen LogP contribution in [0.5, 0.6) is 0 Å². The van der Waals surface area contributed by atoms with Crippen molar-refractivity contribution in [3.63, 3.8) is 0 Å². The van der Waals surface area contributed by atoms with Crippen LogP contribution in [-0.4, -0.2) is 34.3 Å². The molecule has 2 heterocycles. The summed E-state index contributed by atoms with van der Waals surface area (Å²) in [4.78, 5) is 10.9.